The Morgan fingerprint density at radius 2 is 2.08 bits per heavy atom. The molecule has 1 fully saturated rings. The van der Waals surface area contributed by atoms with Crippen LogP contribution in [-0.2, 0) is 16.1 Å². The Kier molecular flexibility index (Phi) is 5.60. The predicted octanol–water partition coefficient (Wildman–Crippen LogP) is 2.62. The minimum atomic E-state index is -0.462. The summed E-state index contributed by atoms with van der Waals surface area (Å²) in [6.45, 7) is 0.761. The molecule has 1 aromatic heterocycles. The molecule has 25 heavy (non-hydrogen) atoms. The molecule has 3 rings (SSSR count). The van der Waals surface area contributed by atoms with Gasteiger partial charge in [0.25, 0.3) is 5.91 Å². The van der Waals surface area contributed by atoms with Crippen LogP contribution in [0.3, 0.4) is 0 Å². The maximum atomic E-state index is 12.4. The first kappa shape index (κ1) is 17.4. The van der Waals surface area contributed by atoms with Crippen LogP contribution >= 0.6 is 11.6 Å². The van der Waals surface area contributed by atoms with Crippen molar-refractivity contribution in [1.82, 2.24) is 10.2 Å². The van der Waals surface area contributed by atoms with Crippen molar-refractivity contribution in [3.63, 3.8) is 0 Å². The summed E-state index contributed by atoms with van der Waals surface area (Å²) in [5.41, 5.74) is 0. The van der Waals surface area contributed by atoms with E-state index in [1.54, 1.807) is 47.6 Å². The van der Waals surface area contributed by atoms with E-state index < -0.39 is 6.04 Å². The number of carbonyl (C=O) groups is 2. The molecule has 6 nitrogen and oxygen atoms in total. The molecule has 1 aromatic carbocycles. The van der Waals surface area contributed by atoms with Gasteiger partial charge in [-0.2, -0.15) is 0 Å². The first-order chi connectivity index (χ1) is 12.1. The first-order valence-electron chi connectivity index (χ1n) is 8.11. The van der Waals surface area contributed by atoms with Gasteiger partial charge in [0.1, 0.15) is 17.6 Å². The number of rotatable bonds is 6. The van der Waals surface area contributed by atoms with Crippen molar-refractivity contribution in [2.45, 2.75) is 25.4 Å². The van der Waals surface area contributed by atoms with Crippen molar-refractivity contribution < 1.29 is 18.7 Å². The lowest BCUT2D eigenvalue weighted by Crippen LogP contribution is -2.47. The topological polar surface area (TPSA) is 71.8 Å². The highest BCUT2D eigenvalue weighted by molar-refractivity contribution is 6.30. The summed E-state index contributed by atoms with van der Waals surface area (Å²) in [5.74, 6) is 0.866. The molecule has 2 heterocycles. The fourth-order valence-electron chi connectivity index (χ4n) is 2.80. The number of carbonyl (C=O) groups excluding carboxylic acids is 2. The average molecular weight is 363 g/mol. The monoisotopic (exact) mass is 362 g/mol. The van der Waals surface area contributed by atoms with E-state index in [-0.39, 0.29) is 18.4 Å². The maximum absolute atomic E-state index is 12.4. The zero-order valence-corrected chi connectivity index (χ0v) is 14.4. The number of halogens is 1. The molecule has 0 bridgehead atoms. The number of hydrogen-bond acceptors (Lipinski definition) is 4. The average Bonchev–Trinajstić information content (AvgIpc) is 3.30. The summed E-state index contributed by atoms with van der Waals surface area (Å²) in [6.07, 6.45) is 3.00. The minimum absolute atomic E-state index is 0.108. The summed E-state index contributed by atoms with van der Waals surface area (Å²) in [4.78, 5) is 26.4. The molecule has 1 aliphatic rings. The summed E-state index contributed by atoms with van der Waals surface area (Å²) in [6, 6.07) is 9.89. The number of ether oxygens (including phenoxy) is 1. The molecule has 132 valence electrons. The van der Waals surface area contributed by atoms with Crippen LogP contribution in [0.5, 0.6) is 5.75 Å². The fraction of sp³-hybridized carbons (Fsp3) is 0.333. The van der Waals surface area contributed by atoms with Crippen LogP contribution in [0.15, 0.2) is 47.1 Å². The van der Waals surface area contributed by atoms with E-state index in [2.05, 4.69) is 5.32 Å². The molecule has 1 atom stereocenters. The number of hydrogen-bond donors (Lipinski definition) is 1. The van der Waals surface area contributed by atoms with E-state index in [0.29, 0.717) is 36.0 Å². The molecule has 1 aliphatic heterocycles. The molecule has 1 N–H and O–H groups in total. The van der Waals surface area contributed by atoms with E-state index >= 15 is 0 Å². The van der Waals surface area contributed by atoms with Crippen molar-refractivity contribution in [2.24, 2.45) is 0 Å². The zero-order chi connectivity index (χ0) is 17.6. The molecule has 0 aliphatic carbocycles. The third-order valence-electron chi connectivity index (χ3n) is 4.07. The standard InChI is InChI=1S/C18H19ClN2O4/c19-13-5-7-14(8-6-13)25-12-17(22)21-9-1-4-16(21)18(23)20-11-15-3-2-10-24-15/h2-3,5-8,10,16H,1,4,9,11-12H2,(H,20,23). The van der Waals surface area contributed by atoms with E-state index in [0.717, 1.165) is 6.42 Å². The SMILES string of the molecule is O=C(NCc1ccco1)C1CCCN1C(=O)COc1ccc(Cl)cc1. The molecular weight excluding hydrogens is 344 g/mol. The smallest absolute Gasteiger partial charge is 0.261 e. The Morgan fingerprint density at radius 3 is 2.80 bits per heavy atom. The van der Waals surface area contributed by atoms with Crippen LogP contribution in [0, 0.1) is 0 Å². The second kappa shape index (κ2) is 8.07. The van der Waals surface area contributed by atoms with Crippen molar-refractivity contribution in [3.05, 3.63) is 53.4 Å². The van der Waals surface area contributed by atoms with Gasteiger partial charge < -0.3 is 19.4 Å². The van der Waals surface area contributed by atoms with Crippen LogP contribution in [0.25, 0.3) is 0 Å². The lowest BCUT2D eigenvalue weighted by Gasteiger charge is -2.23. The van der Waals surface area contributed by atoms with Gasteiger partial charge in [-0.3, -0.25) is 9.59 Å². The highest BCUT2D eigenvalue weighted by Crippen LogP contribution is 2.19. The van der Waals surface area contributed by atoms with Gasteiger partial charge in [-0.25, -0.2) is 0 Å². The number of furan rings is 1. The summed E-state index contributed by atoms with van der Waals surface area (Å²) in [5, 5.41) is 3.41. The van der Waals surface area contributed by atoms with Crippen LogP contribution in [0.4, 0.5) is 0 Å². The molecule has 2 aromatic rings. The summed E-state index contributed by atoms with van der Waals surface area (Å²) in [7, 11) is 0. The fourth-order valence-corrected chi connectivity index (χ4v) is 2.93. The second-order valence-corrected chi connectivity index (χ2v) is 6.22. The molecule has 7 heteroatoms. The van der Waals surface area contributed by atoms with Crippen LogP contribution < -0.4 is 10.1 Å². The minimum Gasteiger partial charge on any atom is -0.484 e. The molecule has 1 saturated heterocycles. The molecular formula is C18H19ClN2O4. The Hall–Kier alpha value is -2.47. The number of likely N-dealkylation sites (tertiary alicyclic amines) is 1. The summed E-state index contributed by atoms with van der Waals surface area (Å²) >= 11 is 5.82. The Balaban J connectivity index is 1.52. The van der Waals surface area contributed by atoms with Crippen LogP contribution in [-0.4, -0.2) is 35.9 Å². The van der Waals surface area contributed by atoms with Crippen LogP contribution in [0.1, 0.15) is 18.6 Å². The molecule has 0 spiro atoms. The summed E-state index contributed by atoms with van der Waals surface area (Å²) < 4.78 is 10.7. The van der Waals surface area contributed by atoms with Gasteiger partial charge in [0.15, 0.2) is 6.61 Å². The number of nitrogens with one attached hydrogen (secondary N) is 1. The van der Waals surface area contributed by atoms with Crippen molar-refractivity contribution >= 4 is 23.4 Å². The van der Waals surface area contributed by atoms with E-state index in [4.69, 9.17) is 20.8 Å². The van der Waals surface area contributed by atoms with Crippen LogP contribution in [0.2, 0.25) is 5.02 Å². The molecule has 0 saturated carbocycles. The van der Waals surface area contributed by atoms with Gasteiger partial charge in [-0.15, -0.1) is 0 Å². The zero-order valence-electron chi connectivity index (χ0n) is 13.6. The highest BCUT2D eigenvalue weighted by Gasteiger charge is 2.34. The quantitative estimate of drug-likeness (QED) is 0.857. The van der Waals surface area contributed by atoms with E-state index in [9.17, 15) is 9.59 Å². The van der Waals surface area contributed by atoms with Crippen molar-refractivity contribution in [2.75, 3.05) is 13.2 Å². The van der Waals surface area contributed by atoms with Gasteiger partial charge in [-0.05, 0) is 49.2 Å². The van der Waals surface area contributed by atoms with Gasteiger partial charge in [0.05, 0.1) is 12.8 Å². The lowest BCUT2D eigenvalue weighted by molar-refractivity contribution is -0.140. The second-order valence-electron chi connectivity index (χ2n) is 5.78. The largest absolute Gasteiger partial charge is 0.484 e. The van der Waals surface area contributed by atoms with Gasteiger partial charge >= 0.3 is 0 Å². The molecule has 2 amide bonds. The van der Waals surface area contributed by atoms with Crippen molar-refractivity contribution in [1.29, 1.82) is 0 Å². The normalized spacial score (nSPS) is 16.7. The van der Waals surface area contributed by atoms with E-state index in [1.165, 1.54) is 0 Å². The van der Waals surface area contributed by atoms with Gasteiger partial charge in [-0.1, -0.05) is 11.6 Å². The lowest BCUT2D eigenvalue weighted by atomic mass is 10.2. The molecule has 1 unspecified atom stereocenters. The number of benzene rings is 1. The van der Waals surface area contributed by atoms with Crippen molar-refractivity contribution in [3.8, 4) is 5.75 Å². The molecule has 0 radical (unpaired) electrons. The third-order valence-corrected chi connectivity index (χ3v) is 4.32. The number of nitrogens with zero attached hydrogens (tertiary/aromatic N) is 1. The Morgan fingerprint density at radius 1 is 1.28 bits per heavy atom. The predicted molar refractivity (Wildman–Crippen MR) is 92.2 cm³/mol. The number of amides is 2. The van der Waals surface area contributed by atoms with Gasteiger partial charge in [0.2, 0.25) is 5.91 Å². The van der Waals surface area contributed by atoms with E-state index in [1.807, 2.05) is 0 Å². The third kappa shape index (κ3) is 4.54. The first-order valence-corrected chi connectivity index (χ1v) is 8.49. The Labute approximate surface area is 150 Å². The Bertz CT molecular complexity index is 715. The highest BCUT2D eigenvalue weighted by atomic mass is 35.5. The van der Waals surface area contributed by atoms with Gasteiger partial charge in [0, 0.05) is 11.6 Å². The maximum Gasteiger partial charge on any atom is 0.261 e.